The number of hydrogen-bond donors (Lipinski definition) is 1. The van der Waals surface area contributed by atoms with Crippen molar-refractivity contribution in [3.63, 3.8) is 0 Å². The van der Waals surface area contributed by atoms with Crippen LogP contribution in [0.25, 0.3) is 0 Å². The number of rotatable bonds is 0. The van der Waals surface area contributed by atoms with Gasteiger partial charge in [-0.15, -0.1) is 0 Å². The molecule has 1 atom stereocenters. The van der Waals surface area contributed by atoms with Crippen molar-refractivity contribution in [2.24, 2.45) is 4.99 Å². The lowest BCUT2D eigenvalue weighted by Crippen LogP contribution is -3.01. The fraction of sp³-hybridized carbons (Fsp3) is 0.471. The molecule has 1 aromatic carbocycles. The van der Waals surface area contributed by atoms with Crippen LogP contribution in [0.1, 0.15) is 45.7 Å². The van der Waals surface area contributed by atoms with Crippen LogP contribution in [0.2, 0.25) is 0 Å². The van der Waals surface area contributed by atoms with Crippen LogP contribution in [-0.2, 0) is 5.41 Å². The van der Waals surface area contributed by atoms with E-state index in [0.717, 1.165) is 0 Å². The lowest BCUT2D eigenvalue weighted by atomic mass is 9.84. The summed E-state index contributed by atoms with van der Waals surface area (Å²) in [6.45, 7) is 12.9. The molecule has 106 valence electrons. The Labute approximate surface area is 118 Å². The van der Waals surface area contributed by atoms with Gasteiger partial charge in [0.2, 0.25) is 0 Å². The number of quaternary nitrogens is 1. The number of aliphatic imine (C=N–C) groups is 1. The van der Waals surface area contributed by atoms with E-state index in [-0.39, 0.29) is 5.41 Å². The molecule has 0 aromatic heterocycles. The largest absolute Gasteiger partial charge is 0.267 e. The topological polar surface area (TPSA) is 16.8 Å². The number of benzene rings is 1. The molecule has 1 aromatic rings. The van der Waals surface area contributed by atoms with Gasteiger partial charge in [-0.2, -0.15) is 0 Å². The van der Waals surface area contributed by atoms with E-state index in [2.05, 4.69) is 57.0 Å². The third kappa shape index (κ3) is 6.92. The molecule has 0 fully saturated rings. The monoisotopic (exact) mass is 261 g/mol. The molecule has 1 heterocycles. The van der Waals surface area contributed by atoms with Crippen molar-refractivity contribution in [1.82, 2.24) is 0 Å². The highest BCUT2D eigenvalue weighted by Gasteiger charge is 2.14. The molecule has 1 aliphatic rings. The Kier molecular flexibility index (Phi) is 8.01. The Morgan fingerprint density at radius 3 is 1.89 bits per heavy atom. The molecule has 1 aliphatic heterocycles. The van der Waals surface area contributed by atoms with E-state index in [0.29, 0.717) is 0 Å². The first-order valence-electron chi connectivity index (χ1n) is 7.00. The fourth-order valence-corrected chi connectivity index (χ4v) is 1.78. The van der Waals surface area contributed by atoms with Gasteiger partial charge in [0.05, 0.1) is 13.2 Å². The molecule has 0 aliphatic carbocycles. The van der Waals surface area contributed by atoms with Crippen LogP contribution in [0.4, 0.5) is 0 Å². The number of nitrogens with zero attached hydrogens (tertiary/aromatic N) is 1. The normalized spacial score (nSPS) is 16.3. The molecule has 1 N–H and O–H groups in total. The molecule has 0 saturated heterocycles. The quantitative estimate of drug-likeness (QED) is 0.738. The summed E-state index contributed by atoms with van der Waals surface area (Å²) in [5.41, 5.74) is 3.12. The van der Waals surface area contributed by atoms with Gasteiger partial charge < -0.3 is 0 Å². The molecule has 0 saturated carbocycles. The van der Waals surface area contributed by atoms with Crippen molar-refractivity contribution in [1.29, 1.82) is 0 Å². The maximum absolute atomic E-state index is 3.82. The highest BCUT2D eigenvalue weighted by molar-refractivity contribution is 5.46. The minimum Gasteiger partial charge on any atom is -0.267 e. The van der Waals surface area contributed by atoms with Crippen molar-refractivity contribution < 1.29 is 4.90 Å². The Morgan fingerprint density at radius 2 is 1.63 bits per heavy atom. The van der Waals surface area contributed by atoms with Crippen molar-refractivity contribution in [3.05, 3.63) is 47.8 Å². The number of aryl methyl sites for hydroxylation is 1. The Hall–Kier alpha value is -1.41. The number of hydrogen-bond acceptors (Lipinski definition) is 1. The van der Waals surface area contributed by atoms with E-state index in [1.54, 1.807) is 6.20 Å². The summed E-state index contributed by atoms with van der Waals surface area (Å²) in [6, 6.07) is 8.56. The Bertz CT molecular complexity index is 400. The van der Waals surface area contributed by atoms with Gasteiger partial charge in [-0.25, -0.2) is 4.99 Å². The molecule has 2 nitrogen and oxygen atoms in total. The van der Waals surface area contributed by atoms with Crippen molar-refractivity contribution >= 4 is 6.34 Å². The van der Waals surface area contributed by atoms with Crippen LogP contribution in [0, 0.1) is 6.92 Å². The number of nitrogens with one attached hydrogen (secondary N) is 1. The van der Waals surface area contributed by atoms with Gasteiger partial charge in [-0.1, -0.05) is 58.9 Å². The summed E-state index contributed by atoms with van der Waals surface area (Å²) in [6.07, 6.45) is 5.59. The van der Waals surface area contributed by atoms with Crippen LogP contribution in [0.15, 0.2) is 41.7 Å². The van der Waals surface area contributed by atoms with Gasteiger partial charge in [0.15, 0.2) is 6.34 Å². The SMILES string of the molecule is CC.C[NH+]1C=CN=C1.Cc1ccccc1C(C)(C)C. The molecule has 1 unspecified atom stereocenters. The second kappa shape index (κ2) is 8.65. The van der Waals surface area contributed by atoms with Gasteiger partial charge in [0.25, 0.3) is 0 Å². The smallest absolute Gasteiger partial charge is 0.192 e. The highest BCUT2D eigenvalue weighted by Crippen LogP contribution is 2.24. The van der Waals surface area contributed by atoms with Gasteiger partial charge >= 0.3 is 0 Å². The zero-order valence-electron chi connectivity index (χ0n) is 13.5. The molecular formula is C17H29N2+. The summed E-state index contributed by atoms with van der Waals surface area (Å²) in [5.74, 6) is 0. The molecule has 19 heavy (non-hydrogen) atoms. The minimum absolute atomic E-state index is 0.283. The molecule has 0 amide bonds. The van der Waals surface area contributed by atoms with Gasteiger partial charge in [0.1, 0.15) is 6.20 Å². The molecule has 0 spiro atoms. The summed E-state index contributed by atoms with van der Waals surface area (Å²) in [5, 5.41) is 0. The third-order valence-electron chi connectivity index (χ3n) is 2.65. The van der Waals surface area contributed by atoms with E-state index in [4.69, 9.17) is 0 Å². The average molecular weight is 261 g/mol. The van der Waals surface area contributed by atoms with Crippen LogP contribution in [0.5, 0.6) is 0 Å². The first-order chi connectivity index (χ1) is 8.91. The second-order valence-corrected chi connectivity index (χ2v) is 5.40. The summed E-state index contributed by atoms with van der Waals surface area (Å²) < 4.78 is 0. The fourth-order valence-electron chi connectivity index (χ4n) is 1.78. The summed E-state index contributed by atoms with van der Waals surface area (Å²) >= 11 is 0. The standard InChI is InChI=1S/C11H16.C4H6N2.C2H6/c1-9-7-5-6-8-10(9)11(2,3)4;1-6-3-2-5-4-6;1-2/h5-8H,1-4H3;2-4H,1H3;1-2H3/p+1. The van der Waals surface area contributed by atoms with Gasteiger partial charge in [-0.3, -0.25) is 4.90 Å². The Balaban J connectivity index is 0.000000341. The first kappa shape index (κ1) is 17.6. The van der Waals surface area contributed by atoms with E-state index >= 15 is 0 Å². The minimum atomic E-state index is 0.283. The molecule has 2 rings (SSSR count). The van der Waals surface area contributed by atoms with E-state index < -0.39 is 0 Å². The first-order valence-corrected chi connectivity index (χ1v) is 7.00. The zero-order valence-corrected chi connectivity index (χ0v) is 13.5. The van der Waals surface area contributed by atoms with E-state index in [1.807, 2.05) is 33.4 Å². The lowest BCUT2D eigenvalue weighted by Gasteiger charge is -2.21. The summed E-state index contributed by atoms with van der Waals surface area (Å²) in [4.78, 5) is 5.05. The van der Waals surface area contributed by atoms with E-state index in [9.17, 15) is 0 Å². The predicted octanol–water partition coefficient (Wildman–Crippen LogP) is 3.33. The van der Waals surface area contributed by atoms with Gasteiger partial charge in [0, 0.05) is 0 Å². The molecule has 0 bridgehead atoms. The molecular weight excluding hydrogens is 232 g/mol. The highest BCUT2D eigenvalue weighted by atomic mass is 15.1. The summed E-state index contributed by atoms with van der Waals surface area (Å²) in [7, 11) is 2.02. The predicted molar refractivity (Wildman–Crippen MR) is 85.7 cm³/mol. The molecule has 0 radical (unpaired) electrons. The molecule has 2 heteroatoms. The van der Waals surface area contributed by atoms with Crippen LogP contribution < -0.4 is 4.90 Å². The van der Waals surface area contributed by atoms with Crippen LogP contribution >= 0.6 is 0 Å². The van der Waals surface area contributed by atoms with Gasteiger partial charge in [-0.05, 0) is 23.5 Å². The van der Waals surface area contributed by atoms with Crippen molar-refractivity contribution in [2.45, 2.75) is 47.0 Å². The van der Waals surface area contributed by atoms with E-state index in [1.165, 1.54) is 16.0 Å². The van der Waals surface area contributed by atoms with Crippen LogP contribution in [0.3, 0.4) is 0 Å². The van der Waals surface area contributed by atoms with Crippen molar-refractivity contribution in [2.75, 3.05) is 7.05 Å². The zero-order chi connectivity index (χ0) is 14.9. The maximum Gasteiger partial charge on any atom is 0.192 e. The second-order valence-electron chi connectivity index (χ2n) is 5.40. The van der Waals surface area contributed by atoms with Crippen molar-refractivity contribution in [3.8, 4) is 0 Å². The average Bonchev–Trinajstić information content (AvgIpc) is 2.83. The lowest BCUT2D eigenvalue weighted by molar-refractivity contribution is -0.709. The van der Waals surface area contributed by atoms with Crippen LogP contribution in [-0.4, -0.2) is 13.4 Å². The Morgan fingerprint density at radius 1 is 1.05 bits per heavy atom. The third-order valence-corrected chi connectivity index (χ3v) is 2.65. The maximum atomic E-state index is 3.82.